The molecule has 1 fully saturated rings. The molecular weight excluding hydrogens is 178 g/mol. The molecule has 0 spiro atoms. The van der Waals surface area contributed by atoms with Gasteiger partial charge in [0.05, 0.1) is 11.9 Å². The van der Waals surface area contributed by atoms with Crippen molar-refractivity contribution in [1.29, 1.82) is 0 Å². The van der Waals surface area contributed by atoms with Crippen LogP contribution in [0.1, 0.15) is 19.8 Å². The summed E-state index contributed by atoms with van der Waals surface area (Å²) in [5, 5.41) is 0. The normalized spacial score (nSPS) is 21.6. The second kappa shape index (κ2) is 3.29. The Balaban J connectivity index is 2.30. The predicted octanol–water partition coefficient (Wildman–Crippen LogP) is 1.18. The van der Waals surface area contributed by atoms with Gasteiger partial charge in [-0.3, -0.25) is 9.69 Å². The number of anilines is 2. The van der Waals surface area contributed by atoms with Gasteiger partial charge in [0.15, 0.2) is 0 Å². The molecule has 0 bridgehead atoms. The quantitative estimate of drug-likeness (QED) is 0.725. The summed E-state index contributed by atoms with van der Waals surface area (Å²) in [7, 11) is 0. The molecule has 0 radical (unpaired) electrons. The number of rotatable bonds is 1. The summed E-state index contributed by atoms with van der Waals surface area (Å²) >= 11 is 0. The fourth-order valence-corrected chi connectivity index (χ4v) is 1.72. The van der Waals surface area contributed by atoms with Gasteiger partial charge in [0, 0.05) is 12.5 Å². The van der Waals surface area contributed by atoms with Gasteiger partial charge in [-0.15, -0.1) is 0 Å². The van der Waals surface area contributed by atoms with Crippen LogP contribution in [0.4, 0.5) is 11.5 Å². The minimum atomic E-state index is 0.148. The highest BCUT2D eigenvalue weighted by Gasteiger charge is 2.29. The minimum absolute atomic E-state index is 0.148. The first-order chi connectivity index (χ1) is 6.68. The van der Waals surface area contributed by atoms with Crippen molar-refractivity contribution in [3.63, 3.8) is 0 Å². The number of nitrogens with two attached hydrogens (primary N) is 1. The lowest BCUT2D eigenvalue weighted by Gasteiger charge is -2.20. The van der Waals surface area contributed by atoms with E-state index < -0.39 is 0 Å². The number of hydrogen-bond acceptors (Lipinski definition) is 3. The molecule has 1 saturated heterocycles. The van der Waals surface area contributed by atoms with Gasteiger partial charge in [-0.2, -0.15) is 0 Å². The van der Waals surface area contributed by atoms with Gasteiger partial charge in [-0.1, -0.05) is 0 Å². The lowest BCUT2D eigenvalue weighted by Crippen LogP contribution is -2.31. The van der Waals surface area contributed by atoms with E-state index in [1.165, 1.54) is 0 Å². The van der Waals surface area contributed by atoms with E-state index in [9.17, 15) is 4.79 Å². The van der Waals surface area contributed by atoms with Gasteiger partial charge in [0.2, 0.25) is 5.91 Å². The Hall–Kier alpha value is -1.58. The Kier molecular flexibility index (Phi) is 2.11. The lowest BCUT2D eigenvalue weighted by atomic mass is 10.2. The maximum absolute atomic E-state index is 11.5. The molecule has 1 aliphatic rings. The number of amides is 1. The Labute approximate surface area is 82.7 Å². The molecule has 4 heteroatoms. The fourth-order valence-electron chi connectivity index (χ4n) is 1.72. The highest BCUT2D eigenvalue weighted by atomic mass is 16.2. The first-order valence-corrected chi connectivity index (χ1v) is 4.72. The number of aromatic nitrogens is 1. The molecule has 1 aromatic heterocycles. The zero-order valence-electron chi connectivity index (χ0n) is 8.10. The van der Waals surface area contributed by atoms with Crippen molar-refractivity contribution < 1.29 is 4.79 Å². The summed E-state index contributed by atoms with van der Waals surface area (Å²) in [6, 6.07) is 3.80. The summed E-state index contributed by atoms with van der Waals surface area (Å²) in [6.07, 6.45) is 3.10. The zero-order valence-corrected chi connectivity index (χ0v) is 8.10. The van der Waals surface area contributed by atoms with Gasteiger partial charge in [0.25, 0.3) is 0 Å². The smallest absolute Gasteiger partial charge is 0.228 e. The number of pyridine rings is 1. The van der Waals surface area contributed by atoms with Crippen LogP contribution in [-0.4, -0.2) is 16.9 Å². The molecule has 4 nitrogen and oxygen atoms in total. The maximum atomic E-state index is 11.5. The summed E-state index contributed by atoms with van der Waals surface area (Å²) in [5.41, 5.74) is 6.15. The maximum Gasteiger partial charge on any atom is 0.228 e. The van der Waals surface area contributed by atoms with Crippen molar-refractivity contribution in [3.8, 4) is 0 Å². The summed E-state index contributed by atoms with van der Waals surface area (Å²) in [5.74, 6) is 0.851. The molecule has 1 unspecified atom stereocenters. The van der Waals surface area contributed by atoms with Gasteiger partial charge >= 0.3 is 0 Å². The molecule has 1 aliphatic heterocycles. The van der Waals surface area contributed by atoms with Crippen molar-refractivity contribution in [3.05, 3.63) is 18.3 Å². The molecule has 2 N–H and O–H groups in total. The van der Waals surface area contributed by atoms with Crippen molar-refractivity contribution in [2.45, 2.75) is 25.8 Å². The summed E-state index contributed by atoms with van der Waals surface area (Å²) < 4.78 is 0. The van der Waals surface area contributed by atoms with Crippen molar-refractivity contribution in [2.24, 2.45) is 0 Å². The molecule has 0 aromatic carbocycles. The number of nitrogens with zero attached hydrogens (tertiary/aromatic N) is 2. The van der Waals surface area contributed by atoms with Crippen molar-refractivity contribution >= 4 is 17.4 Å². The Morgan fingerprint density at radius 2 is 2.36 bits per heavy atom. The number of nitrogen functional groups attached to an aromatic ring is 1. The molecular formula is C10H13N3O. The minimum Gasteiger partial charge on any atom is -0.397 e. The van der Waals surface area contributed by atoms with Gasteiger partial charge in [-0.05, 0) is 25.5 Å². The highest BCUT2D eigenvalue weighted by Crippen LogP contribution is 2.24. The van der Waals surface area contributed by atoms with E-state index >= 15 is 0 Å². The molecule has 14 heavy (non-hydrogen) atoms. The van der Waals surface area contributed by atoms with Crippen molar-refractivity contribution in [2.75, 3.05) is 10.6 Å². The Morgan fingerprint density at radius 3 is 2.86 bits per heavy atom. The standard InChI is InChI=1S/C10H13N3O/c1-7-2-5-10(14)13(7)9-4-3-8(11)6-12-9/h3-4,6-7H,2,5,11H2,1H3. The van der Waals surface area contributed by atoms with E-state index in [4.69, 9.17) is 5.73 Å². The predicted molar refractivity (Wildman–Crippen MR) is 54.8 cm³/mol. The van der Waals surface area contributed by atoms with Crippen LogP contribution in [0.15, 0.2) is 18.3 Å². The first-order valence-electron chi connectivity index (χ1n) is 4.72. The van der Waals surface area contributed by atoms with E-state index in [0.29, 0.717) is 17.9 Å². The van der Waals surface area contributed by atoms with Gasteiger partial charge in [-0.25, -0.2) is 4.98 Å². The SMILES string of the molecule is CC1CCC(=O)N1c1ccc(N)cn1. The Bertz CT molecular complexity index is 347. The molecule has 1 amide bonds. The summed E-state index contributed by atoms with van der Waals surface area (Å²) in [4.78, 5) is 17.4. The monoisotopic (exact) mass is 191 g/mol. The lowest BCUT2D eigenvalue weighted by molar-refractivity contribution is -0.117. The van der Waals surface area contributed by atoms with Crippen LogP contribution in [-0.2, 0) is 4.79 Å². The largest absolute Gasteiger partial charge is 0.397 e. The average molecular weight is 191 g/mol. The molecule has 0 aliphatic carbocycles. The average Bonchev–Trinajstić information content (AvgIpc) is 2.49. The van der Waals surface area contributed by atoms with E-state index in [0.717, 1.165) is 6.42 Å². The molecule has 74 valence electrons. The van der Waals surface area contributed by atoms with E-state index in [-0.39, 0.29) is 11.9 Å². The van der Waals surface area contributed by atoms with E-state index in [2.05, 4.69) is 4.98 Å². The van der Waals surface area contributed by atoms with Gasteiger partial charge in [0.1, 0.15) is 5.82 Å². The van der Waals surface area contributed by atoms with Crippen molar-refractivity contribution in [1.82, 2.24) is 4.98 Å². The third kappa shape index (κ3) is 1.43. The Morgan fingerprint density at radius 1 is 1.57 bits per heavy atom. The topological polar surface area (TPSA) is 59.2 Å². The third-order valence-electron chi connectivity index (χ3n) is 2.50. The number of hydrogen-bond donors (Lipinski definition) is 1. The van der Waals surface area contributed by atoms with Crippen LogP contribution < -0.4 is 10.6 Å². The van der Waals surface area contributed by atoms with E-state index in [1.54, 1.807) is 23.2 Å². The number of carbonyl (C=O) groups excluding carboxylic acids is 1. The van der Waals surface area contributed by atoms with Gasteiger partial charge < -0.3 is 5.73 Å². The molecule has 0 saturated carbocycles. The van der Waals surface area contributed by atoms with Crippen LogP contribution in [0.2, 0.25) is 0 Å². The summed E-state index contributed by atoms with van der Waals surface area (Å²) in [6.45, 7) is 2.03. The fraction of sp³-hybridized carbons (Fsp3) is 0.400. The highest BCUT2D eigenvalue weighted by molar-refractivity contribution is 5.95. The van der Waals surface area contributed by atoms with Crippen LogP contribution in [0.3, 0.4) is 0 Å². The first kappa shape index (κ1) is 8.99. The number of carbonyl (C=O) groups is 1. The third-order valence-corrected chi connectivity index (χ3v) is 2.50. The molecule has 1 aromatic rings. The van der Waals surface area contributed by atoms with Crippen LogP contribution in [0, 0.1) is 0 Å². The molecule has 2 rings (SSSR count). The molecule has 2 heterocycles. The van der Waals surface area contributed by atoms with E-state index in [1.807, 2.05) is 6.92 Å². The van der Waals surface area contributed by atoms with Crippen LogP contribution in [0.5, 0.6) is 0 Å². The van der Waals surface area contributed by atoms with Crippen LogP contribution in [0.25, 0.3) is 0 Å². The zero-order chi connectivity index (χ0) is 10.1. The van der Waals surface area contributed by atoms with Crippen LogP contribution >= 0.6 is 0 Å². The second-order valence-corrected chi connectivity index (χ2v) is 3.60. The molecule has 1 atom stereocenters. The second-order valence-electron chi connectivity index (χ2n) is 3.60.